The highest BCUT2D eigenvalue weighted by Crippen LogP contribution is 2.13. The molecule has 1 amide bonds. The van der Waals surface area contributed by atoms with Crippen molar-refractivity contribution < 1.29 is 4.79 Å². The third kappa shape index (κ3) is 9.73. The second kappa shape index (κ2) is 8.72. The number of carbonyl (C=O) groups is 1. The van der Waals surface area contributed by atoms with Crippen LogP contribution in [0.4, 0.5) is 0 Å². The van der Waals surface area contributed by atoms with E-state index >= 15 is 0 Å². The van der Waals surface area contributed by atoms with Gasteiger partial charge in [0.25, 0.3) is 0 Å². The maximum atomic E-state index is 11.5. The monoisotopic (exact) mass is 214 g/mol. The van der Waals surface area contributed by atoms with Crippen molar-refractivity contribution >= 4 is 5.91 Å². The average Bonchev–Trinajstić information content (AvgIpc) is 2.10. The quantitative estimate of drug-likeness (QED) is 0.605. The Balaban J connectivity index is 3.47. The topological polar surface area (TPSA) is 41.1 Å². The first kappa shape index (κ1) is 14.4. The molecule has 0 heterocycles. The van der Waals surface area contributed by atoms with Gasteiger partial charge in [-0.05, 0) is 24.8 Å². The van der Waals surface area contributed by atoms with E-state index in [0.29, 0.717) is 18.3 Å². The van der Waals surface area contributed by atoms with Gasteiger partial charge in [0, 0.05) is 19.5 Å². The lowest BCUT2D eigenvalue weighted by Gasteiger charge is -2.13. The minimum Gasteiger partial charge on any atom is -0.355 e. The van der Waals surface area contributed by atoms with E-state index in [1.807, 2.05) is 0 Å². The van der Waals surface area contributed by atoms with Gasteiger partial charge >= 0.3 is 0 Å². The molecule has 0 aromatic rings. The zero-order valence-electron chi connectivity index (χ0n) is 10.6. The molecule has 0 spiro atoms. The predicted molar refractivity (Wildman–Crippen MR) is 64.8 cm³/mol. The number of hydrogen-bond donors (Lipinski definition) is 2. The Bertz CT molecular complexity index is 169. The van der Waals surface area contributed by atoms with E-state index in [1.54, 1.807) is 0 Å². The van der Waals surface area contributed by atoms with Crippen molar-refractivity contribution in [2.75, 3.05) is 19.6 Å². The van der Waals surface area contributed by atoms with Gasteiger partial charge in [0.05, 0.1) is 0 Å². The summed E-state index contributed by atoms with van der Waals surface area (Å²) in [4.78, 5) is 11.5. The minimum atomic E-state index is 0.182. The summed E-state index contributed by atoms with van der Waals surface area (Å²) in [6.45, 7) is 11.1. The zero-order valence-corrected chi connectivity index (χ0v) is 10.6. The highest BCUT2D eigenvalue weighted by Gasteiger charge is 2.09. The molecular formula is C12H26N2O. The van der Waals surface area contributed by atoms with Crippen molar-refractivity contribution in [2.45, 2.75) is 40.5 Å². The molecule has 0 saturated heterocycles. The van der Waals surface area contributed by atoms with Crippen molar-refractivity contribution in [3.05, 3.63) is 0 Å². The molecule has 90 valence electrons. The third-order valence-corrected chi connectivity index (χ3v) is 2.28. The zero-order chi connectivity index (χ0) is 11.7. The van der Waals surface area contributed by atoms with Gasteiger partial charge in [0.15, 0.2) is 0 Å². The third-order valence-electron chi connectivity index (χ3n) is 2.28. The Kier molecular flexibility index (Phi) is 8.38. The number of rotatable bonds is 8. The molecule has 0 saturated carbocycles. The molecule has 1 atom stereocenters. The van der Waals surface area contributed by atoms with Gasteiger partial charge in [0.2, 0.25) is 5.91 Å². The van der Waals surface area contributed by atoms with Crippen LogP contribution in [0.2, 0.25) is 0 Å². The highest BCUT2D eigenvalue weighted by atomic mass is 16.1. The Morgan fingerprint density at radius 2 is 1.87 bits per heavy atom. The number of likely N-dealkylation sites (N-methyl/N-ethyl adjacent to an activating group) is 1. The van der Waals surface area contributed by atoms with Crippen molar-refractivity contribution in [1.82, 2.24) is 10.6 Å². The molecule has 0 bridgehead atoms. The fourth-order valence-corrected chi connectivity index (χ4v) is 1.74. The molecule has 3 heteroatoms. The van der Waals surface area contributed by atoms with Gasteiger partial charge in [-0.15, -0.1) is 0 Å². The Morgan fingerprint density at radius 3 is 2.40 bits per heavy atom. The fraction of sp³-hybridized carbons (Fsp3) is 0.917. The van der Waals surface area contributed by atoms with Crippen LogP contribution in [0.1, 0.15) is 40.5 Å². The molecule has 1 unspecified atom stereocenters. The predicted octanol–water partition coefficient (Wildman–Crippen LogP) is 1.78. The van der Waals surface area contributed by atoms with Gasteiger partial charge in [-0.1, -0.05) is 27.7 Å². The standard InChI is InChI=1S/C12H26N2O/c1-5-13-6-7-14-12(15)9-11(4)8-10(2)3/h10-11,13H,5-9H2,1-4H3,(H,14,15). The summed E-state index contributed by atoms with van der Waals surface area (Å²) in [5.74, 6) is 1.35. The van der Waals surface area contributed by atoms with Crippen LogP contribution >= 0.6 is 0 Å². The van der Waals surface area contributed by atoms with E-state index in [1.165, 1.54) is 0 Å². The SMILES string of the molecule is CCNCCNC(=O)CC(C)CC(C)C. The summed E-state index contributed by atoms with van der Waals surface area (Å²) in [5, 5.41) is 6.09. The summed E-state index contributed by atoms with van der Waals surface area (Å²) in [6, 6.07) is 0. The van der Waals surface area contributed by atoms with Crippen LogP contribution in [0.15, 0.2) is 0 Å². The van der Waals surface area contributed by atoms with Crippen LogP contribution in [0.3, 0.4) is 0 Å². The van der Waals surface area contributed by atoms with Crippen LogP contribution in [0.25, 0.3) is 0 Å². The summed E-state index contributed by atoms with van der Waals surface area (Å²) in [6.07, 6.45) is 1.78. The number of amides is 1. The Hall–Kier alpha value is -0.570. The average molecular weight is 214 g/mol. The van der Waals surface area contributed by atoms with Crippen molar-refractivity contribution in [2.24, 2.45) is 11.8 Å². The lowest BCUT2D eigenvalue weighted by atomic mass is 9.96. The van der Waals surface area contributed by atoms with Crippen molar-refractivity contribution in [3.63, 3.8) is 0 Å². The molecule has 3 nitrogen and oxygen atoms in total. The second-order valence-electron chi connectivity index (χ2n) is 4.64. The van der Waals surface area contributed by atoms with Gasteiger partial charge in [-0.2, -0.15) is 0 Å². The maximum absolute atomic E-state index is 11.5. The lowest BCUT2D eigenvalue weighted by Crippen LogP contribution is -2.32. The molecule has 0 rings (SSSR count). The van der Waals surface area contributed by atoms with E-state index in [2.05, 4.69) is 38.3 Å². The van der Waals surface area contributed by atoms with Crippen LogP contribution in [0, 0.1) is 11.8 Å². The first-order valence-corrected chi connectivity index (χ1v) is 6.03. The summed E-state index contributed by atoms with van der Waals surface area (Å²) in [7, 11) is 0. The molecular weight excluding hydrogens is 188 g/mol. The molecule has 0 fully saturated rings. The first-order valence-electron chi connectivity index (χ1n) is 6.03. The number of carbonyl (C=O) groups excluding carboxylic acids is 1. The normalized spacial score (nSPS) is 12.9. The molecule has 0 aliphatic carbocycles. The number of nitrogens with one attached hydrogen (secondary N) is 2. The molecule has 0 radical (unpaired) electrons. The van der Waals surface area contributed by atoms with Gasteiger partial charge in [0.1, 0.15) is 0 Å². The van der Waals surface area contributed by atoms with E-state index < -0.39 is 0 Å². The van der Waals surface area contributed by atoms with Crippen LogP contribution in [-0.2, 0) is 4.79 Å². The van der Waals surface area contributed by atoms with Crippen LogP contribution < -0.4 is 10.6 Å². The van der Waals surface area contributed by atoms with Gasteiger partial charge < -0.3 is 10.6 Å². The molecule has 0 aliphatic rings. The van der Waals surface area contributed by atoms with E-state index in [4.69, 9.17) is 0 Å². The van der Waals surface area contributed by atoms with E-state index in [-0.39, 0.29) is 5.91 Å². The van der Waals surface area contributed by atoms with Crippen LogP contribution in [0.5, 0.6) is 0 Å². The maximum Gasteiger partial charge on any atom is 0.220 e. The van der Waals surface area contributed by atoms with Crippen LogP contribution in [-0.4, -0.2) is 25.5 Å². The van der Waals surface area contributed by atoms with E-state index in [0.717, 1.165) is 26.1 Å². The molecule has 0 aliphatic heterocycles. The number of hydrogen-bond acceptors (Lipinski definition) is 2. The Labute approximate surface area is 94.0 Å². The largest absolute Gasteiger partial charge is 0.355 e. The molecule has 2 N–H and O–H groups in total. The molecule has 0 aromatic heterocycles. The summed E-state index contributed by atoms with van der Waals surface area (Å²) < 4.78 is 0. The smallest absolute Gasteiger partial charge is 0.220 e. The van der Waals surface area contributed by atoms with Crippen molar-refractivity contribution in [1.29, 1.82) is 0 Å². The molecule has 0 aromatic carbocycles. The highest BCUT2D eigenvalue weighted by molar-refractivity contribution is 5.76. The molecule has 15 heavy (non-hydrogen) atoms. The first-order chi connectivity index (χ1) is 7.06. The van der Waals surface area contributed by atoms with Gasteiger partial charge in [-0.25, -0.2) is 0 Å². The summed E-state index contributed by atoms with van der Waals surface area (Å²) in [5.41, 5.74) is 0. The fourth-order valence-electron chi connectivity index (χ4n) is 1.74. The van der Waals surface area contributed by atoms with E-state index in [9.17, 15) is 4.79 Å². The van der Waals surface area contributed by atoms with Crippen molar-refractivity contribution in [3.8, 4) is 0 Å². The second-order valence-corrected chi connectivity index (χ2v) is 4.64. The Morgan fingerprint density at radius 1 is 1.20 bits per heavy atom. The van der Waals surface area contributed by atoms with Gasteiger partial charge in [-0.3, -0.25) is 4.79 Å². The summed E-state index contributed by atoms with van der Waals surface area (Å²) >= 11 is 0. The minimum absolute atomic E-state index is 0.182. The lowest BCUT2D eigenvalue weighted by molar-refractivity contribution is -0.121.